The van der Waals surface area contributed by atoms with Gasteiger partial charge in [0.25, 0.3) is 5.91 Å². The van der Waals surface area contributed by atoms with Crippen molar-refractivity contribution in [3.8, 4) is 11.5 Å². The maximum Gasteiger partial charge on any atom is 0.255 e. The number of benzene rings is 2. The Bertz CT molecular complexity index is 1150. The summed E-state index contributed by atoms with van der Waals surface area (Å²) in [6.45, 7) is 4.63. The summed E-state index contributed by atoms with van der Waals surface area (Å²) >= 11 is 0. The van der Waals surface area contributed by atoms with Gasteiger partial charge in [-0.25, -0.2) is 0 Å². The number of carbonyl (C=O) groups is 4. The average Bonchev–Trinajstić information content (AvgIpc) is 2.93. The SMILES string of the molecule is COc1cccc(CCCNC(=O)[C@@H]2CC(=O)N[C@H](C(C)C)C(=O)NCCCOc3ccccc3C(=O)N2)c1. The second-order valence-electron chi connectivity index (χ2n) is 9.75. The van der Waals surface area contributed by atoms with Gasteiger partial charge in [0, 0.05) is 13.1 Å². The number of rotatable bonds is 7. The van der Waals surface area contributed by atoms with Crippen molar-refractivity contribution in [1.29, 1.82) is 0 Å². The second-order valence-corrected chi connectivity index (χ2v) is 9.75. The Morgan fingerprint density at radius 1 is 1.10 bits per heavy atom. The third kappa shape index (κ3) is 9.01. The van der Waals surface area contributed by atoms with E-state index in [1.54, 1.807) is 31.4 Å². The molecule has 1 aliphatic rings. The summed E-state index contributed by atoms with van der Waals surface area (Å²) in [5.41, 5.74) is 1.33. The number of fused-ring (bicyclic) bond motifs is 1. The Balaban J connectivity index is 1.73. The zero-order valence-corrected chi connectivity index (χ0v) is 22.8. The van der Waals surface area contributed by atoms with Gasteiger partial charge in [-0.2, -0.15) is 0 Å². The summed E-state index contributed by atoms with van der Waals surface area (Å²) in [4.78, 5) is 52.0. The molecule has 39 heavy (non-hydrogen) atoms. The number of aryl methyl sites for hydroxylation is 1. The first-order chi connectivity index (χ1) is 18.8. The molecule has 0 saturated heterocycles. The maximum atomic E-state index is 13.2. The highest BCUT2D eigenvalue weighted by molar-refractivity contribution is 6.01. The number of nitrogens with one attached hydrogen (secondary N) is 4. The average molecular weight is 539 g/mol. The molecule has 2 atom stereocenters. The number of ether oxygens (including phenoxy) is 2. The Kier molecular flexibility index (Phi) is 11.1. The van der Waals surface area contributed by atoms with Gasteiger partial charge in [-0.1, -0.05) is 38.1 Å². The number of hydrogen-bond acceptors (Lipinski definition) is 6. The third-order valence-electron chi connectivity index (χ3n) is 6.36. The summed E-state index contributed by atoms with van der Waals surface area (Å²) in [5, 5.41) is 11.1. The molecule has 4 N–H and O–H groups in total. The number of hydrogen-bond donors (Lipinski definition) is 4. The molecule has 3 rings (SSSR count). The minimum absolute atomic E-state index is 0.177. The third-order valence-corrected chi connectivity index (χ3v) is 6.36. The molecule has 4 amide bonds. The highest BCUT2D eigenvalue weighted by Gasteiger charge is 2.29. The predicted octanol–water partition coefficient (Wildman–Crippen LogP) is 1.97. The highest BCUT2D eigenvalue weighted by atomic mass is 16.5. The Morgan fingerprint density at radius 2 is 1.90 bits per heavy atom. The van der Waals surface area contributed by atoms with Gasteiger partial charge in [-0.15, -0.1) is 0 Å². The maximum absolute atomic E-state index is 13.2. The normalized spacial score (nSPS) is 18.8. The molecule has 0 radical (unpaired) electrons. The summed E-state index contributed by atoms with van der Waals surface area (Å²) in [6.07, 6.45) is 1.55. The smallest absolute Gasteiger partial charge is 0.255 e. The largest absolute Gasteiger partial charge is 0.497 e. The van der Waals surface area contributed by atoms with E-state index >= 15 is 0 Å². The van der Waals surface area contributed by atoms with Crippen LogP contribution in [0.5, 0.6) is 11.5 Å². The van der Waals surface area contributed by atoms with Crippen molar-refractivity contribution in [2.45, 2.75) is 51.6 Å². The molecule has 1 heterocycles. The van der Waals surface area contributed by atoms with Crippen LogP contribution >= 0.6 is 0 Å². The van der Waals surface area contributed by atoms with Gasteiger partial charge in [-0.05, 0) is 55.0 Å². The standard InChI is InChI=1S/C29H38N4O6/c1-19(2)26-29(37)31-15-8-16-39-24-13-5-4-12-22(24)27(35)32-23(18-25(34)33-26)28(36)30-14-7-10-20-9-6-11-21(17-20)38-3/h4-6,9,11-13,17,19,23,26H,7-8,10,14-16,18H2,1-3H3,(H,30,36)(H,31,37)(H,32,35)(H,33,34)/t23-,26+/m0/s1. The zero-order valence-electron chi connectivity index (χ0n) is 22.8. The zero-order chi connectivity index (χ0) is 28.2. The van der Waals surface area contributed by atoms with E-state index in [1.165, 1.54) is 0 Å². The van der Waals surface area contributed by atoms with Crippen LogP contribution in [0.1, 0.15) is 49.0 Å². The van der Waals surface area contributed by atoms with Crippen molar-refractivity contribution < 1.29 is 28.7 Å². The molecule has 2 aromatic carbocycles. The highest BCUT2D eigenvalue weighted by Crippen LogP contribution is 2.19. The molecule has 0 unspecified atom stereocenters. The summed E-state index contributed by atoms with van der Waals surface area (Å²) < 4.78 is 11.0. The fourth-order valence-corrected chi connectivity index (χ4v) is 4.21. The minimum atomic E-state index is -1.15. The Labute approximate surface area is 229 Å². The Morgan fingerprint density at radius 3 is 2.67 bits per heavy atom. The van der Waals surface area contributed by atoms with Crippen LogP contribution in [0.3, 0.4) is 0 Å². The van der Waals surface area contributed by atoms with Gasteiger partial charge in [-0.3, -0.25) is 19.2 Å². The number of para-hydroxylation sites is 1. The van der Waals surface area contributed by atoms with E-state index in [2.05, 4.69) is 21.3 Å². The van der Waals surface area contributed by atoms with Crippen LogP contribution in [0.25, 0.3) is 0 Å². The van der Waals surface area contributed by atoms with Crippen LogP contribution < -0.4 is 30.7 Å². The molecule has 210 valence electrons. The first kappa shape index (κ1) is 29.5. The van der Waals surface area contributed by atoms with Crippen molar-refractivity contribution in [2.75, 3.05) is 26.8 Å². The van der Waals surface area contributed by atoms with E-state index in [0.29, 0.717) is 38.1 Å². The fraction of sp³-hybridized carbons (Fsp3) is 0.448. The first-order valence-corrected chi connectivity index (χ1v) is 13.3. The molecular weight excluding hydrogens is 500 g/mol. The molecular formula is C29H38N4O6. The van der Waals surface area contributed by atoms with Crippen LogP contribution in [0.15, 0.2) is 48.5 Å². The van der Waals surface area contributed by atoms with Gasteiger partial charge in [0.2, 0.25) is 17.7 Å². The second kappa shape index (κ2) is 14.8. The van der Waals surface area contributed by atoms with Crippen LogP contribution in [-0.4, -0.2) is 62.5 Å². The van der Waals surface area contributed by atoms with Gasteiger partial charge < -0.3 is 30.7 Å². The lowest BCUT2D eigenvalue weighted by Crippen LogP contribution is -2.53. The van der Waals surface area contributed by atoms with Crippen molar-refractivity contribution in [2.24, 2.45) is 5.92 Å². The summed E-state index contributed by atoms with van der Waals surface area (Å²) in [5.74, 6) is -0.895. The quantitative estimate of drug-likeness (QED) is 0.398. The number of amides is 4. The van der Waals surface area contributed by atoms with E-state index in [9.17, 15) is 19.2 Å². The minimum Gasteiger partial charge on any atom is -0.497 e. The number of carbonyl (C=O) groups excluding carboxylic acids is 4. The van der Waals surface area contributed by atoms with Crippen LogP contribution in [0, 0.1) is 5.92 Å². The van der Waals surface area contributed by atoms with Crippen LogP contribution in [-0.2, 0) is 20.8 Å². The monoisotopic (exact) mass is 538 g/mol. The summed E-state index contributed by atoms with van der Waals surface area (Å²) in [7, 11) is 1.61. The lowest BCUT2D eigenvalue weighted by molar-refractivity contribution is -0.131. The molecule has 10 heteroatoms. The van der Waals surface area contributed by atoms with Crippen molar-refractivity contribution >= 4 is 23.6 Å². The molecule has 0 spiro atoms. The molecule has 0 aromatic heterocycles. The lowest BCUT2D eigenvalue weighted by atomic mass is 10.0. The lowest BCUT2D eigenvalue weighted by Gasteiger charge is -2.23. The fourth-order valence-electron chi connectivity index (χ4n) is 4.21. The van der Waals surface area contributed by atoms with Crippen molar-refractivity contribution in [3.63, 3.8) is 0 Å². The van der Waals surface area contributed by atoms with Crippen LogP contribution in [0.2, 0.25) is 0 Å². The van der Waals surface area contributed by atoms with E-state index < -0.39 is 29.8 Å². The van der Waals surface area contributed by atoms with Gasteiger partial charge in [0.05, 0.1) is 25.7 Å². The predicted molar refractivity (Wildman–Crippen MR) is 147 cm³/mol. The van der Waals surface area contributed by atoms with Crippen molar-refractivity contribution in [3.05, 3.63) is 59.7 Å². The van der Waals surface area contributed by atoms with E-state index in [-0.39, 0.29) is 30.4 Å². The molecule has 2 aromatic rings. The van der Waals surface area contributed by atoms with Gasteiger partial charge in [0.15, 0.2) is 0 Å². The molecule has 0 bridgehead atoms. The topological polar surface area (TPSA) is 135 Å². The molecule has 0 aliphatic carbocycles. The first-order valence-electron chi connectivity index (χ1n) is 13.3. The molecule has 1 aliphatic heterocycles. The van der Waals surface area contributed by atoms with E-state index in [0.717, 1.165) is 11.3 Å². The Hall–Kier alpha value is -4.08. The van der Waals surface area contributed by atoms with Gasteiger partial charge >= 0.3 is 0 Å². The molecule has 0 fully saturated rings. The van der Waals surface area contributed by atoms with Gasteiger partial charge in [0.1, 0.15) is 23.6 Å². The molecule has 0 saturated carbocycles. The molecule has 10 nitrogen and oxygen atoms in total. The van der Waals surface area contributed by atoms with E-state index in [4.69, 9.17) is 9.47 Å². The van der Waals surface area contributed by atoms with Crippen molar-refractivity contribution in [1.82, 2.24) is 21.3 Å². The van der Waals surface area contributed by atoms with Crippen LogP contribution in [0.4, 0.5) is 0 Å². The van der Waals surface area contributed by atoms with E-state index in [1.807, 2.05) is 38.1 Å². The number of methoxy groups -OCH3 is 1. The summed E-state index contributed by atoms with van der Waals surface area (Å²) in [6, 6.07) is 12.5.